The molecule has 160 valence electrons. The number of urea groups is 1. The third kappa shape index (κ3) is 5.73. The van der Waals surface area contributed by atoms with Crippen LogP contribution in [0, 0.1) is 13.8 Å². The fraction of sp³-hybridized carbons (Fsp3) is 0.391. The van der Waals surface area contributed by atoms with Crippen LogP contribution in [0.5, 0.6) is 5.75 Å². The molecule has 0 radical (unpaired) electrons. The van der Waals surface area contributed by atoms with Crippen LogP contribution in [0.4, 0.5) is 16.2 Å². The number of anilines is 2. The van der Waals surface area contributed by atoms with Gasteiger partial charge in [-0.05, 0) is 44.5 Å². The van der Waals surface area contributed by atoms with Crippen molar-refractivity contribution in [3.8, 4) is 5.75 Å². The second kappa shape index (κ2) is 10.1. The van der Waals surface area contributed by atoms with Crippen molar-refractivity contribution < 1.29 is 19.2 Å². The number of imide groups is 1. The Balaban J connectivity index is 1.46. The van der Waals surface area contributed by atoms with E-state index in [4.69, 9.17) is 4.74 Å². The number of nitrogens with zero attached hydrogens (tertiary/aromatic N) is 1. The van der Waals surface area contributed by atoms with Gasteiger partial charge in [-0.25, -0.2) is 4.79 Å². The Labute approximate surface area is 178 Å². The molecule has 30 heavy (non-hydrogen) atoms. The minimum Gasteiger partial charge on any atom is -0.492 e. The molecule has 0 saturated carbocycles. The van der Waals surface area contributed by atoms with Crippen LogP contribution in [-0.2, 0) is 4.79 Å². The van der Waals surface area contributed by atoms with Crippen LogP contribution >= 0.6 is 0 Å². The summed E-state index contributed by atoms with van der Waals surface area (Å²) < 4.78 is 5.73. The van der Waals surface area contributed by atoms with Crippen molar-refractivity contribution >= 4 is 23.3 Å². The fourth-order valence-corrected chi connectivity index (χ4v) is 3.74. The lowest BCUT2D eigenvalue weighted by Crippen LogP contribution is -3.16. The number of amides is 3. The van der Waals surface area contributed by atoms with Crippen molar-refractivity contribution in [3.05, 3.63) is 53.6 Å². The Morgan fingerprint density at radius 2 is 1.83 bits per heavy atom. The number of hydrogen-bond donors (Lipinski definition) is 3. The number of piperazine rings is 1. The predicted molar refractivity (Wildman–Crippen MR) is 118 cm³/mol. The van der Waals surface area contributed by atoms with Gasteiger partial charge in [0.2, 0.25) is 0 Å². The second-order valence-electron chi connectivity index (χ2n) is 7.64. The Hall–Kier alpha value is -3.06. The van der Waals surface area contributed by atoms with Crippen LogP contribution in [0.2, 0.25) is 0 Å². The maximum atomic E-state index is 12.3. The van der Waals surface area contributed by atoms with E-state index in [9.17, 15) is 9.59 Å². The lowest BCUT2D eigenvalue weighted by Gasteiger charge is -2.34. The summed E-state index contributed by atoms with van der Waals surface area (Å²) in [5.74, 6) is 0.625. The SMILES string of the molecule is CCOc1ccccc1N1CC[NH+](CC(=O)NC(=O)Nc2ccc(C)cc2C)CC1. The molecular formula is C23H31N4O3+. The van der Waals surface area contributed by atoms with E-state index in [1.165, 1.54) is 0 Å². The quantitative estimate of drug-likeness (QED) is 0.677. The topological polar surface area (TPSA) is 75.1 Å². The van der Waals surface area contributed by atoms with Gasteiger partial charge in [-0.15, -0.1) is 0 Å². The second-order valence-corrected chi connectivity index (χ2v) is 7.64. The summed E-state index contributed by atoms with van der Waals surface area (Å²) in [6.07, 6.45) is 0. The number of para-hydroxylation sites is 2. The highest BCUT2D eigenvalue weighted by atomic mass is 16.5. The third-order valence-electron chi connectivity index (χ3n) is 5.27. The fourth-order valence-electron chi connectivity index (χ4n) is 3.74. The van der Waals surface area contributed by atoms with Gasteiger partial charge < -0.3 is 19.9 Å². The molecule has 1 aliphatic heterocycles. The Bertz CT molecular complexity index is 892. The number of hydrogen-bond acceptors (Lipinski definition) is 4. The molecule has 1 aliphatic rings. The number of rotatable bonds is 6. The molecule has 0 spiro atoms. The summed E-state index contributed by atoms with van der Waals surface area (Å²) in [6.45, 7) is 10.1. The Morgan fingerprint density at radius 1 is 1.10 bits per heavy atom. The molecule has 1 saturated heterocycles. The standard InChI is InChI=1S/C23H30N4O3/c1-4-30-21-8-6-5-7-20(21)27-13-11-26(12-14-27)16-22(28)25-23(29)24-19-10-9-17(2)15-18(19)3/h5-10,15H,4,11-14,16H2,1-3H3,(H2,24,25,28,29)/p+1. The average molecular weight is 412 g/mol. The van der Waals surface area contributed by atoms with Gasteiger partial charge in [0.1, 0.15) is 5.75 Å². The van der Waals surface area contributed by atoms with Crippen molar-refractivity contribution in [2.24, 2.45) is 0 Å². The smallest absolute Gasteiger partial charge is 0.326 e. The van der Waals surface area contributed by atoms with E-state index in [1.807, 2.05) is 57.2 Å². The molecule has 0 aromatic heterocycles. The molecule has 7 heteroatoms. The van der Waals surface area contributed by atoms with Crippen molar-refractivity contribution in [1.82, 2.24) is 5.32 Å². The van der Waals surface area contributed by atoms with E-state index in [0.29, 0.717) is 12.3 Å². The molecule has 0 unspecified atom stereocenters. The molecule has 1 heterocycles. The van der Waals surface area contributed by atoms with E-state index in [1.54, 1.807) is 0 Å². The highest BCUT2D eigenvalue weighted by molar-refractivity contribution is 6.01. The minimum absolute atomic E-state index is 0.268. The molecule has 3 rings (SSSR count). The molecule has 2 aromatic rings. The monoisotopic (exact) mass is 411 g/mol. The minimum atomic E-state index is -0.490. The number of nitrogens with one attached hydrogen (secondary N) is 3. The van der Waals surface area contributed by atoms with Crippen molar-refractivity contribution in [3.63, 3.8) is 0 Å². The lowest BCUT2D eigenvalue weighted by molar-refractivity contribution is -0.892. The predicted octanol–water partition coefficient (Wildman–Crippen LogP) is 1.76. The van der Waals surface area contributed by atoms with Gasteiger partial charge in [-0.1, -0.05) is 29.8 Å². The summed E-state index contributed by atoms with van der Waals surface area (Å²) in [5.41, 5.74) is 3.89. The molecule has 0 bridgehead atoms. The molecule has 2 aromatic carbocycles. The summed E-state index contributed by atoms with van der Waals surface area (Å²) >= 11 is 0. The summed E-state index contributed by atoms with van der Waals surface area (Å²) in [7, 11) is 0. The molecule has 7 nitrogen and oxygen atoms in total. The maximum absolute atomic E-state index is 12.3. The van der Waals surface area contributed by atoms with Gasteiger partial charge in [-0.2, -0.15) is 0 Å². The molecule has 0 aliphatic carbocycles. The van der Waals surface area contributed by atoms with Crippen LogP contribution in [0.3, 0.4) is 0 Å². The first-order chi connectivity index (χ1) is 14.5. The van der Waals surface area contributed by atoms with E-state index in [0.717, 1.165) is 53.6 Å². The Kier molecular flexibility index (Phi) is 7.30. The molecule has 3 amide bonds. The summed E-state index contributed by atoms with van der Waals surface area (Å²) in [6, 6.07) is 13.3. The zero-order valence-electron chi connectivity index (χ0n) is 18.0. The zero-order chi connectivity index (χ0) is 21.5. The van der Waals surface area contributed by atoms with Gasteiger partial charge in [0, 0.05) is 5.69 Å². The summed E-state index contributed by atoms with van der Waals surface area (Å²) in [5, 5.41) is 5.19. The summed E-state index contributed by atoms with van der Waals surface area (Å²) in [4.78, 5) is 27.9. The average Bonchev–Trinajstić information content (AvgIpc) is 2.71. The van der Waals surface area contributed by atoms with E-state index < -0.39 is 6.03 Å². The zero-order valence-corrected chi connectivity index (χ0v) is 18.0. The van der Waals surface area contributed by atoms with E-state index >= 15 is 0 Å². The molecule has 1 fully saturated rings. The number of ether oxygens (including phenoxy) is 1. The number of benzene rings is 2. The molecule has 0 atom stereocenters. The first kappa shape index (κ1) is 21.6. The van der Waals surface area contributed by atoms with E-state index in [2.05, 4.69) is 21.6 Å². The van der Waals surface area contributed by atoms with Gasteiger partial charge in [0.05, 0.1) is 38.5 Å². The van der Waals surface area contributed by atoms with Crippen molar-refractivity contribution in [2.45, 2.75) is 20.8 Å². The largest absolute Gasteiger partial charge is 0.492 e. The van der Waals surface area contributed by atoms with Gasteiger partial charge in [0.15, 0.2) is 6.54 Å². The van der Waals surface area contributed by atoms with Crippen molar-refractivity contribution in [2.75, 3.05) is 49.5 Å². The lowest BCUT2D eigenvalue weighted by atomic mass is 10.1. The number of quaternary nitrogens is 1. The van der Waals surface area contributed by atoms with E-state index in [-0.39, 0.29) is 12.5 Å². The number of carbonyl (C=O) groups excluding carboxylic acids is 2. The Morgan fingerprint density at radius 3 is 2.53 bits per heavy atom. The van der Waals surface area contributed by atoms with Gasteiger partial charge in [-0.3, -0.25) is 10.1 Å². The van der Waals surface area contributed by atoms with Crippen molar-refractivity contribution in [1.29, 1.82) is 0 Å². The van der Waals surface area contributed by atoms with Gasteiger partial charge >= 0.3 is 6.03 Å². The van der Waals surface area contributed by atoms with Crippen LogP contribution in [0.25, 0.3) is 0 Å². The third-order valence-corrected chi connectivity index (χ3v) is 5.27. The van der Waals surface area contributed by atoms with Crippen LogP contribution in [-0.4, -0.2) is 51.3 Å². The first-order valence-corrected chi connectivity index (χ1v) is 10.4. The van der Waals surface area contributed by atoms with Crippen LogP contribution in [0.1, 0.15) is 18.1 Å². The molecular weight excluding hydrogens is 380 g/mol. The first-order valence-electron chi connectivity index (χ1n) is 10.4. The highest BCUT2D eigenvalue weighted by Gasteiger charge is 2.24. The van der Waals surface area contributed by atoms with Crippen LogP contribution < -0.4 is 25.2 Å². The number of carbonyl (C=O) groups is 2. The van der Waals surface area contributed by atoms with Crippen LogP contribution in [0.15, 0.2) is 42.5 Å². The molecule has 3 N–H and O–H groups in total. The normalized spacial score (nSPS) is 14.3. The number of aryl methyl sites for hydroxylation is 2. The maximum Gasteiger partial charge on any atom is 0.326 e. The van der Waals surface area contributed by atoms with Gasteiger partial charge in [0.25, 0.3) is 5.91 Å². The highest BCUT2D eigenvalue weighted by Crippen LogP contribution is 2.27.